The van der Waals surface area contributed by atoms with Gasteiger partial charge in [-0.1, -0.05) is 24.3 Å². The third kappa shape index (κ3) is 6.20. The van der Waals surface area contributed by atoms with E-state index in [9.17, 15) is 4.79 Å². The molecule has 2 rings (SSSR count). The van der Waals surface area contributed by atoms with Gasteiger partial charge in [-0.15, -0.1) is 0 Å². The zero-order valence-electron chi connectivity index (χ0n) is 14.4. The number of carbonyl (C=O) groups excluding carboxylic acids is 1. The van der Waals surface area contributed by atoms with Crippen molar-refractivity contribution in [2.24, 2.45) is 0 Å². The molecule has 3 N–H and O–H groups in total. The Kier molecular flexibility index (Phi) is 6.42. The number of rotatable bonds is 5. The molecule has 1 aliphatic heterocycles. The van der Waals surface area contributed by atoms with Gasteiger partial charge in [0.15, 0.2) is 0 Å². The van der Waals surface area contributed by atoms with Crippen LogP contribution in [0, 0.1) is 0 Å². The van der Waals surface area contributed by atoms with Crippen molar-refractivity contribution in [3.05, 3.63) is 35.4 Å². The van der Waals surface area contributed by atoms with Gasteiger partial charge in [-0.25, -0.2) is 4.79 Å². The molecular formula is C18H29N3O2. The highest BCUT2D eigenvalue weighted by molar-refractivity contribution is 5.67. The Bertz CT molecular complexity index is 511. The predicted octanol–water partition coefficient (Wildman–Crippen LogP) is 2.73. The van der Waals surface area contributed by atoms with E-state index in [0.717, 1.165) is 32.5 Å². The lowest BCUT2D eigenvalue weighted by molar-refractivity contribution is 0.0527. The second-order valence-electron chi connectivity index (χ2n) is 6.95. The van der Waals surface area contributed by atoms with E-state index in [4.69, 9.17) is 4.74 Å². The summed E-state index contributed by atoms with van der Waals surface area (Å²) in [7, 11) is 0. The largest absolute Gasteiger partial charge is 0.444 e. The summed E-state index contributed by atoms with van der Waals surface area (Å²) >= 11 is 0. The molecule has 1 amide bonds. The van der Waals surface area contributed by atoms with Crippen LogP contribution in [-0.2, 0) is 11.3 Å². The number of ether oxygens (including phenoxy) is 1. The molecule has 128 valence electrons. The molecular weight excluding hydrogens is 290 g/mol. The number of hydrogen-bond donors (Lipinski definition) is 3. The second-order valence-corrected chi connectivity index (χ2v) is 6.95. The lowest BCUT2D eigenvalue weighted by Crippen LogP contribution is -2.34. The Hall–Kier alpha value is -1.59. The maximum absolute atomic E-state index is 11.6. The van der Waals surface area contributed by atoms with Gasteiger partial charge in [-0.05, 0) is 57.8 Å². The Morgan fingerprint density at radius 3 is 2.87 bits per heavy atom. The fourth-order valence-electron chi connectivity index (χ4n) is 2.74. The van der Waals surface area contributed by atoms with Gasteiger partial charge in [-0.3, -0.25) is 0 Å². The van der Waals surface area contributed by atoms with Crippen LogP contribution in [0.2, 0.25) is 0 Å². The van der Waals surface area contributed by atoms with Gasteiger partial charge < -0.3 is 20.7 Å². The molecule has 0 saturated carbocycles. The normalized spacial score (nSPS) is 18.0. The Morgan fingerprint density at radius 2 is 2.09 bits per heavy atom. The first-order valence-electron chi connectivity index (χ1n) is 8.44. The predicted molar refractivity (Wildman–Crippen MR) is 92.4 cm³/mol. The van der Waals surface area contributed by atoms with E-state index >= 15 is 0 Å². The van der Waals surface area contributed by atoms with Gasteiger partial charge in [0.05, 0.1) is 0 Å². The SMILES string of the molecule is CC(C)(C)OC(=O)NCCCNC1CCNCc2ccccc21. The number of alkyl carbamates (subject to hydrolysis) is 1. The van der Waals surface area contributed by atoms with Crippen molar-refractivity contribution in [2.75, 3.05) is 19.6 Å². The third-order valence-corrected chi connectivity index (χ3v) is 3.77. The standard InChI is InChI=1S/C18H29N3O2/c1-18(2,3)23-17(22)21-11-6-10-20-16-9-12-19-13-14-7-4-5-8-15(14)16/h4-5,7-8,16,19-20H,6,9-13H2,1-3H3,(H,21,22). The van der Waals surface area contributed by atoms with Crippen LogP contribution in [0.5, 0.6) is 0 Å². The minimum Gasteiger partial charge on any atom is -0.444 e. The highest BCUT2D eigenvalue weighted by Crippen LogP contribution is 2.23. The summed E-state index contributed by atoms with van der Waals surface area (Å²) in [5, 5.41) is 9.86. The van der Waals surface area contributed by atoms with Crippen molar-refractivity contribution < 1.29 is 9.53 Å². The second kappa shape index (κ2) is 8.31. The highest BCUT2D eigenvalue weighted by Gasteiger charge is 2.17. The molecule has 5 nitrogen and oxygen atoms in total. The molecule has 1 aromatic carbocycles. The maximum atomic E-state index is 11.6. The van der Waals surface area contributed by atoms with Gasteiger partial charge in [0.1, 0.15) is 5.60 Å². The van der Waals surface area contributed by atoms with E-state index in [1.807, 2.05) is 20.8 Å². The molecule has 1 aliphatic rings. The number of benzene rings is 1. The van der Waals surface area contributed by atoms with E-state index in [-0.39, 0.29) is 6.09 Å². The Balaban J connectivity index is 1.71. The molecule has 0 fully saturated rings. The van der Waals surface area contributed by atoms with E-state index in [1.54, 1.807) is 0 Å². The van der Waals surface area contributed by atoms with Crippen LogP contribution in [0.25, 0.3) is 0 Å². The topological polar surface area (TPSA) is 62.4 Å². The Morgan fingerprint density at radius 1 is 1.30 bits per heavy atom. The molecule has 1 atom stereocenters. The zero-order chi connectivity index (χ0) is 16.7. The van der Waals surface area contributed by atoms with Gasteiger partial charge in [0, 0.05) is 19.1 Å². The molecule has 1 unspecified atom stereocenters. The van der Waals surface area contributed by atoms with Crippen LogP contribution in [0.3, 0.4) is 0 Å². The summed E-state index contributed by atoms with van der Waals surface area (Å²) in [5.41, 5.74) is 2.31. The van der Waals surface area contributed by atoms with Crippen LogP contribution in [-0.4, -0.2) is 31.3 Å². The van der Waals surface area contributed by atoms with Crippen molar-refractivity contribution in [2.45, 2.75) is 51.8 Å². The quantitative estimate of drug-likeness (QED) is 0.730. The molecule has 0 aliphatic carbocycles. The fraction of sp³-hybridized carbons (Fsp3) is 0.611. The summed E-state index contributed by atoms with van der Waals surface area (Å²) in [6, 6.07) is 8.96. The van der Waals surface area contributed by atoms with E-state index in [0.29, 0.717) is 12.6 Å². The minimum absolute atomic E-state index is 0.346. The first-order chi connectivity index (χ1) is 11.0. The Labute approximate surface area is 139 Å². The van der Waals surface area contributed by atoms with Crippen molar-refractivity contribution >= 4 is 6.09 Å². The van der Waals surface area contributed by atoms with Crippen LogP contribution in [0.4, 0.5) is 4.79 Å². The van der Waals surface area contributed by atoms with Crippen LogP contribution in [0.15, 0.2) is 24.3 Å². The molecule has 1 aromatic rings. The number of nitrogens with one attached hydrogen (secondary N) is 3. The molecule has 5 heteroatoms. The first kappa shape index (κ1) is 17.8. The van der Waals surface area contributed by atoms with Gasteiger partial charge in [-0.2, -0.15) is 0 Å². The van der Waals surface area contributed by atoms with Crippen molar-refractivity contribution in [3.8, 4) is 0 Å². The highest BCUT2D eigenvalue weighted by atomic mass is 16.6. The monoisotopic (exact) mass is 319 g/mol. The molecule has 23 heavy (non-hydrogen) atoms. The summed E-state index contributed by atoms with van der Waals surface area (Å²) < 4.78 is 5.22. The van der Waals surface area contributed by atoms with Gasteiger partial charge >= 0.3 is 6.09 Å². The number of amides is 1. The molecule has 0 saturated heterocycles. The summed E-state index contributed by atoms with van der Waals surface area (Å²) in [6.45, 7) is 9.05. The van der Waals surface area contributed by atoms with E-state index in [2.05, 4.69) is 40.2 Å². The summed E-state index contributed by atoms with van der Waals surface area (Å²) in [4.78, 5) is 11.6. The summed E-state index contributed by atoms with van der Waals surface area (Å²) in [6.07, 6.45) is 1.61. The average molecular weight is 319 g/mol. The van der Waals surface area contributed by atoms with Crippen LogP contribution < -0.4 is 16.0 Å². The van der Waals surface area contributed by atoms with Crippen molar-refractivity contribution in [1.82, 2.24) is 16.0 Å². The van der Waals surface area contributed by atoms with Crippen LogP contribution in [0.1, 0.15) is 50.8 Å². The molecule has 0 spiro atoms. The van der Waals surface area contributed by atoms with Crippen molar-refractivity contribution in [3.63, 3.8) is 0 Å². The van der Waals surface area contributed by atoms with E-state index in [1.165, 1.54) is 11.1 Å². The number of hydrogen-bond acceptors (Lipinski definition) is 4. The number of fused-ring (bicyclic) bond motifs is 1. The van der Waals surface area contributed by atoms with Crippen LogP contribution >= 0.6 is 0 Å². The summed E-state index contributed by atoms with van der Waals surface area (Å²) in [5.74, 6) is 0. The number of carbonyl (C=O) groups is 1. The minimum atomic E-state index is -0.445. The lowest BCUT2D eigenvalue weighted by Gasteiger charge is -2.20. The van der Waals surface area contributed by atoms with Gasteiger partial charge in [0.25, 0.3) is 0 Å². The molecule has 0 aromatic heterocycles. The van der Waals surface area contributed by atoms with Gasteiger partial charge in [0.2, 0.25) is 0 Å². The first-order valence-corrected chi connectivity index (χ1v) is 8.44. The fourth-order valence-corrected chi connectivity index (χ4v) is 2.74. The average Bonchev–Trinajstić information content (AvgIpc) is 2.68. The molecule has 0 bridgehead atoms. The molecule has 0 radical (unpaired) electrons. The lowest BCUT2D eigenvalue weighted by atomic mass is 9.99. The van der Waals surface area contributed by atoms with E-state index < -0.39 is 5.60 Å². The van der Waals surface area contributed by atoms with Crippen molar-refractivity contribution in [1.29, 1.82) is 0 Å². The maximum Gasteiger partial charge on any atom is 0.407 e. The molecule has 1 heterocycles. The zero-order valence-corrected chi connectivity index (χ0v) is 14.4. The smallest absolute Gasteiger partial charge is 0.407 e. The third-order valence-electron chi connectivity index (χ3n) is 3.77.